The normalized spacial score (nSPS) is 10.0. The van der Waals surface area contributed by atoms with Crippen LogP contribution in [0.15, 0.2) is 54.1 Å². The highest BCUT2D eigenvalue weighted by Crippen LogP contribution is 2.15. The summed E-state index contributed by atoms with van der Waals surface area (Å²) in [5.41, 5.74) is 3.13. The minimum Gasteiger partial charge on any atom is -0.478 e. The number of benzene rings is 2. The van der Waals surface area contributed by atoms with E-state index in [-0.39, 0.29) is 11.1 Å². The molecule has 0 fully saturated rings. The fraction of sp³-hybridized carbons (Fsp3) is 0.111. The van der Waals surface area contributed by atoms with Gasteiger partial charge in [0.2, 0.25) is 0 Å². The van der Waals surface area contributed by atoms with Gasteiger partial charge in [-0.3, -0.25) is 0 Å². The van der Waals surface area contributed by atoms with Crippen LogP contribution in [0, 0.1) is 0 Å². The van der Waals surface area contributed by atoms with Crippen molar-refractivity contribution in [3.05, 3.63) is 76.3 Å². The third-order valence-electron chi connectivity index (χ3n) is 3.05. The molecule has 0 atom stereocenters. The standard InChI is InChI=1S/C10H10O4.C8H7Cl/c1-2-6-7(9(11)12)4-3-5-8(6)10(13)14;9-7-6-8-4-2-1-3-5-8/h3-5H,2H2,1H3,(H,11,12)(H,13,14);1-7H. The van der Waals surface area contributed by atoms with Gasteiger partial charge in [-0.25, -0.2) is 9.59 Å². The molecule has 0 radical (unpaired) electrons. The summed E-state index contributed by atoms with van der Waals surface area (Å²) in [5.74, 6) is -2.19. The molecule has 2 aromatic rings. The molecule has 0 heterocycles. The van der Waals surface area contributed by atoms with E-state index in [0.717, 1.165) is 5.56 Å². The molecule has 0 saturated carbocycles. The highest BCUT2D eigenvalue weighted by molar-refractivity contribution is 6.27. The van der Waals surface area contributed by atoms with Crippen LogP contribution in [0.25, 0.3) is 6.08 Å². The van der Waals surface area contributed by atoms with Crippen molar-refractivity contribution in [2.45, 2.75) is 13.3 Å². The SMILES string of the molecule is CCc1c(C(=O)O)cccc1C(=O)O.ClC=Cc1ccccc1. The lowest BCUT2D eigenvalue weighted by Crippen LogP contribution is -2.08. The highest BCUT2D eigenvalue weighted by atomic mass is 35.5. The third-order valence-corrected chi connectivity index (χ3v) is 3.17. The number of halogens is 1. The minimum absolute atomic E-state index is 0.0624. The first-order valence-corrected chi connectivity index (χ1v) is 7.35. The number of hydrogen-bond acceptors (Lipinski definition) is 2. The lowest BCUT2D eigenvalue weighted by molar-refractivity contribution is 0.0695. The summed E-state index contributed by atoms with van der Waals surface area (Å²) in [6.45, 7) is 1.73. The van der Waals surface area contributed by atoms with Crippen molar-refractivity contribution in [3.8, 4) is 0 Å². The molecule has 0 spiro atoms. The Morgan fingerprint density at radius 1 is 0.957 bits per heavy atom. The van der Waals surface area contributed by atoms with Gasteiger partial charge in [-0.05, 0) is 35.8 Å². The number of carbonyl (C=O) groups is 2. The van der Waals surface area contributed by atoms with Gasteiger partial charge in [0.1, 0.15) is 0 Å². The van der Waals surface area contributed by atoms with Crippen LogP contribution >= 0.6 is 11.6 Å². The molecule has 0 unspecified atom stereocenters. The van der Waals surface area contributed by atoms with Crippen LogP contribution in [0.2, 0.25) is 0 Å². The van der Waals surface area contributed by atoms with Crippen LogP contribution in [-0.4, -0.2) is 22.2 Å². The van der Waals surface area contributed by atoms with E-state index < -0.39 is 11.9 Å². The molecule has 0 aliphatic carbocycles. The average molecular weight is 333 g/mol. The predicted octanol–water partition coefficient (Wildman–Crippen LogP) is 4.54. The van der Waals surface area contributed by atoms with Crippen molar-refractivity contribution in [3.63, 3.8) is 0 Å². The Morgan fingerprint density at radius 2 is 1.48 bits per heavy atom. The first kappa shape index (κ1) is 18.5. The summed E-state index contributed by atoms with van der Waals surface area (Å²) in [7, 11) is 0. The number of carboxylic acids is 2. The lowest BCUT2D eigenvalue weighted by atomic mass is 9.99. The zero-order valence-electron chi connectivity index (χ0n) is 12.6. The molecule has 0 saturated heterocycles. The van der Waals surface area contributed by atoms with Gasteiger partial charge in [0.05, 0.1) is 11.1 Å². The van der Waals surface area contributed by atoms with Crippen molar-refractivity contribution >= 4 is 29.6 Å². The second-order valence-electron chi connectivity index (χ2n) is 4.50. The topological polar surface area (TPSA) is 74.6 Å². The van der Waals surface area contributed by atoms with Gasteiger partial charge < -0.3 is 10.2 Å². The largest absolute Gasteiger partial charge is 0.478 e. The van der Waals surface area contributed by atoms with Gasteiger partial charge in [0.25, 0.3) is 0 Å². The fourth-order valence-electron chi connectivity index (χ4n) is 2.01. The Bertz CT molecular complexity index is 661. The van der Waals surface area contributed by atoms with Crippen molar-refractivity contribution in [2.75, 3.05) is 0 Å². The molecule has 2 rings (SSSR count). The van der Waals surface area contributed by atoms with E-state index >= 15 is 0 Å². The summed E-state index contributed by atoms with van der Waals surface area (Å²) in [6, 6.07) is 14.2. The second kappa shape index (κ2) is 9.43. The van der Waals surface area contributed by atoms with Crippen molar-refractivity contribution in [1.29, 1.82) is 0 Å². The van der Waals surface area contributed by atoms with Crippen LogP contribution in [0.1, 0.15) is 38.8 Å². The molecular formula is C18H17ClO4. The van der Waals surface area contributed by atoms with Crippen LogP contribution in [-0.2, 0) is 6.42 Å². The van der Waals surface area contributed by atoms with Crippen molar-refractivity contribution in [2.24, 2.45) is 0 Å². The van der Waals surface area contributed by atoms with Gasteiger partial charge >= 0.3 is 11.9 Å². The lowest BCUT2D eigenvalue weighted by Gasteiger charge is -2.06. The van der Waals surface area contributed by atoms with E-state index in [9.17, 15) is 9.59 Å². The van der Waals surface area contributed by atoms with Crippen molar-refractivity contribution in [1.82, 2.24) is 0 Å². The van der Waals surface area contributed by atoms with E-state index in [4.69, 9.17) is 21.8 Å². The molecule has 0 amide bonds. The molecule has 2 N–H and O–H groups in total. The first-order chi connectivity index (χ1) is 11.0. The van der Waals surface area contributed by atoms with Crippen LogP contribution in [0.5, 0.6) is 0 Å². The van der Waals surface area contributed by atoms with Gasteiger partial charge in [0, 0.05) is 5.54 Å². The van der Waals surface area contributed by atoms with Gasteiger partial charge in [-0.2, -0.15) is 0 Å². The monoisotopic (exact) mass is 332 g/mol. The molecular weight excluding hydrogens is 316 g/mol. The quantitative estimate of drug-likeness (QED) is 0.861. The Balaban J connectivity index is 0.000000253. The number of rotatable bonds is 4. The van der Waals surface area contributed by atoms with Crippen LogP contribution in [0.3, 0.4) is 0 Å². The van der Waals surface area contributed by atoms with E-state index in [1.165, 1.54) is 23.7 Å². The number of aromatic carboxylic acids is 2. The van der Waals surface area contributed by atoms with Crippen molar-refractivity contribution < 1.29 is 19.8 Å². The Kier molecular flexibility index (Phi) is 7.57. The zero-order chi connectivity index (χ0) is 17.2. The summed E-state index contributed by atoms with van der Waals surface area (Å²) < 4.78 is 0. The molecule has 5 heteroatoms. The molecule has 120 valence electrons. The molecule has 0 aliphatic heterocycles. The fourth-order valence-corrected chi connectivity index (χ4v) is 2.15. The number of hydrogen-bond donors (Lipinski definition) is 2. The summed E-state index contributed by atoms with van der Waals surface area (Å²) in [5, 5.41) is 17.6. The second-order valence-corrected chi connectivity index (χ2v) is 4.75. The Morgan fingerprint density at radius 3 is 1.87 bits per heavy atom. The average Bonchev–Trinajstić information content (AvgIpc) is 2.55. The van der Waals surface area contributed by atoms with E-state index in [1.807, 2.05) is 36.4 Å². The molecule has 23 heavy (non-hydrogen) atoms. The minimum atomic E-state index is -1.09. The van der Waals surface area contributed by atoms with Gasteiger partial charge in [-0.1, -0.05) is 54.9 Å². The van der Waals surface area contributed by atoms with E-state index in [1.54, 1.807) is 6.92 Å². The summed E-state index contributed by atoms with van der Waals surface area (Å²) >= 11 is 5.36. The summed E-state index contributed by atoms with van der Waals surface area (Å²) in [4.78, 5) is 21.5. The van der Waals surface area contributed by atoms with Gasteiger partial charge in [-0.15, -0.1) is 0 Å². The smallest absolute Gasteiger partial charge is 0.335 e. The molecule has 4 nitrogen and oxygen atoms in total. The van der Waals surface area contributed by atoms with Gasteiger partial charge in [0.15, 0.2) is 0 Å². The highest BCUT2D eigenvalue weighted by Gasteiger charge is 2.15. The Hall–Kier alpha value is -2.59. The van der Waals surface area contributed by atoms with E-state index in [0.29, 0.717) is 12.0 Å². The van der Waals surface area contributed by atoms with Crippen LogP contribution < -0.4 is 0 Å². The number of carboxylic acid groups (broad SMARTS) is 2. The zero-order valence-corrected chi connectivity index (χ0v) is 13.3. The first-order valence-electron chi connectivity index (χ1n) is 6.91. The predicted molar refractivity (Wildman–Crippen MR) is 91.1 cm³/mol. The summed E-state index contributed by atoms with van der Waals surface area (Å²) in [6.07, 6.45) is 2.24. The third kappa shape index (κ3) is 5.60. The molecule has 0 bridgehead atoms. The molecule has 2 aromatic carbocycles. The maximum absolute atomic E-state index is 10.8. The maximum atomic E-state index is 10.8. The maximum Gasteiger partial charge on any atom is 0.335 e. The van der Waals surface area contributed by atoms with Crippen LogP contribution in [0.4, 0.5) is 0 Å². The Labute approximate surface area is 139 Å². The molecule has 0 aliphatic rings. The molecule has 0 aromatic heterocycles. The van der Waals surface area contributed by atoms with E-state index in [2.05, 4.69) is 0 Å².